The van der Waals surface area contributed by atoms with E-state index < -0.39 is 43.1 Å². The molecule has 0 bridgehead atoms. The minimum Gasteiger partial charge on any atom is -0.486 e. The fourth-order valence-corrected chi connectivity index (χ4v) is 4.36. The first-order chi connectivity index (χ1) is 16.3. The van der Waals surface area contributed by atoms with Gasteiger partial charge in [-0.15, -0.1) is 0 Å². The van der Waals surface area contributed by atoms with Crippen molar-refractivity contribution in [1.82, 2.24) is 19.7 Å². The van der Waals surface area contributed by atoms with Crippen LogP contribution in [0.4, 0.5) is 0 Å². The average molecular weight is 495 g/mol. The van der Waals surface area contributed by atoms with Crippen LogP contribution in [0.2, 0.25) is 0 Å². The quantitative estimate of drug-likeness (QED) is 0.289. The van der Waals surface area contributed by atoms with Gasteiger partial charge in [-0.25, -0.2) is 4.68 Å². The molecule has 1 fully saturated rings. The summed E-state index contributed by atoms with van der Waals surface area (Å²) in [6.45, 7) is 5.64. The van der Waals surface area contributed by atoms with Crippen molar-refractivity contribution in [3.8, 4) is 5.75 Å². The second kappa shape index (κ2) is 11.9. The van der Waals surface area contributed by atoms with E-state index in [1.807, 2.05) is 35.8 Å². The third kappa shape index (κ3) is 6.02. The second-order valence-corrected chi connectivity index (χ2v) is 8.93. The number of ether oxygens (including phenoxy) is 2. The van der Waals surface area contributed by atoms with Crippen molar-refractivity contribution in [2.45, 2.75) is 83.8 Å². The molecule has 1 aliphatic rings. The summed E-state index contributed by atoms with van der Waals surface area (Å²) in [7, 11) is 0. The zero-order chi connectivity index (χ0) is 24.8. The Hall–Kier alpha value is -2.31. The lowest BCUT2D eigenvalue weighted by Crippen LogP contribution is -2.62. The Bertz CT molecular complexity index is 1030. The zero-order valence-electron chi connectivity index (χ0n) is 19.8. The fourth-order valence-electron chi connectivity index (χ4n) is 4.02. The molecular weight excluding hydrogens is 460 g/mol. The highest BCUT2D eigenvalue weighted by molar-refractivity contribution is 7.71. The Morgan fingerprint density at radius 1 is 1.29 bits per heavy atom. The number of rotatable bonds is 10. The zero-order valence-corrected chi connectivity index (χ0v) is 20.6. The van der Waals surface area contributed by atoms with Gasteiger partial charge in [0.15, 0.2) is 16.8 Å². The summed E-state index contributed by atoms with van der Waals surface area (Å²) in [5.41, 5.74) is 1.07. The number of nitrogens with zero attached hydrogens (tertiary/aromatic N) is 3. The topological polar surface area (TPSA) is 131 Å². The third-order valence-electron chi connectivity index (χ3n) is 5.82. The SMILES string of the molecule is CCCCCn1c(COc2cccc(C)c2)nn([C@@H]2O[C@H](CO)[C@@H](O)[C@H](O)[C@H]2NC(C)=O)c1=S. The van der Waals surface area contributed by atoms with Crippen LogP contribution in [-0.4, -0.2) is 66.5 Å². The molecule has 1 aromatic carbocycles. The number of unbranched alkanes of at least 4 members (excludes halogenated alkanes) is 2. The molecule has 1 aromatic heterocycles. The molecular formula is C23H34N4O6S. The van der Waals surface area contributed by atoms with Gasteiger partial charge >= 0.3 is 0 Å². The Morgan fingerprint density at radius 3 is 2.71 bits per heavy atom. The van der Waals surface area contributed by atoms with Crippen molar-refractivity contribution in [1.29, 1.82) is 0 Å². The molecule has 0 spiro atoms. The number of carbonyl (C=O) groups excluding carboxylic acids is 1. The van der Waals surface area contributed by atoms with Gasteiger partial charge in [0.2, 0.25) is 5.91 Å². The molecule has 0 saturated carbocycles. The predicted molar refractivity (Wildman–Crippen MR) is 127 cm³/mol. The van der Waals surface area contributed by atoms with Gasteiger partial charge in [-0.2, -0.15) is 5.10 Å². The summed E-state index contributed by atoms with van der Waals surface area (Å²) >= 11 is 5.71. The van der Waals surface area contributed by atoms with Crippen LogP contribution in [0, 0.1) is 11.7 Å². The average Bonchev–Trinajstić information content (AvgIpc) is 3.11. The molecule has 5 atom stereocenters. The van der Waals surface area contributed by atoms with Gasteiger partial charge < -0.3 is 34.7 Å². The van der Waals surface area contributed by atoms with E-state index in [2.05, 4.69) is 17.3 Å². The standard InChI is InChI=1S/C23H34N4O6S/c1-4-5-6-10-26-18(13-32-16-9-7-8-14(2)11-16)25-27(23(26)34)22-19(24-15(3)29)21(31)20(30)17(12-28)33-22/h7-9,11,17,19-22,28,30-31H,4-6,10,12-13H2,1-3H3,(H,24,29)/t17-,19-,20-,21-,22-/m1/s1. The van der Waals surface area contributed by atoms with E-state index in [-0.39, 0.29) is 6.61 Å². The summed E-state index contributed by atoms with van der Waals surface area (Å²) < 4.78 is 15.4. The molecule has 34 heavy (non-hydrogen) atoms. The number of amides is 1. The Labute approximate surface area is 204 Å². The highest BCUT2D eigenvalue weighted by Gasteiger charge is 2.46. The van der Waals surface area contributed by atoms with E-state index in [0.717, 1.165) is 24.8 Å². The summed E-state index contributed by atoms with van der Waals surface area (Å²) in [5, 5.41) is 37.9. The first-order valence-corrected chi connectivity index (χ1v) is 11.9. The molecule has 3 rings (SSSR count). The van der Waals surface area contributed by atoms with E-state index in [4.69, 9.17) is 21.7 Å². The monoisotopic (exact) mass is 494 g/mol. The first kappa shape index (κ1) is 26.3. The van der Waals surface area contributed by atoms with Crippen LogP contribution in [-0.2, 0) is 22.7 Å². The van der Waals surface area contributed by atoms with Crippen molar-refractivity contribution >= 4 is 18.1 Å². The highest BCUT2D eigenvalue weighted by atomic mass is 32.1. The van der Waals surface area contributed by atoms with Crippen LogP contribution in [0.25, 0.3) is 0 Å². The second-order valence-electron chi connectivity index (χ2n) is 8.56. The van der Waals surface area contributed by atoms with Gasteiger partial charge in [0.1, 0.15) is 36.7 Å². The summed E-state index contributed by atoms with van der Waals surface area (Å²) in [6.07, 6.45) is -1.94. The van der Waals surface area contributed by atoms with Crippen molar-refractivity contribution < 1.29 is 29.6 Å². The van der Waals surface area contributed by atoms with E-state index in [0.29, 0.717) is 22.9 Å². The fraction of sp³-hybridized carbons (Fsp3) is 0.609. The van der Waals surface area contributed by atoms with E-state index in [1.165, 1.54) is 11.6 Å². The molecule has 2 aromatic rings. The van der Waals surface area contributed by atoms with E-state index in [1.54, 1.807) is 0 Å². The number of hydrogen-bond acceptors (Lipinski definition) is 8. The number of aliphatic hydroxyl groups is 3. The van der Waals surface area contributed by atoms with Crippen LogP contribution in [0.15, 0.2) is 24.3 Å². The van der Waals surface area contributed by atoms with Crippen molar-refractivity contribution in [2.24, 2.45) is 0 Å². The van der Waals surface area contributed by atoms with Gasteiger partial charge in [0, 0.05) is 13.5 Å². The largest absolute Gasteiger partial charge is 0.486 e. The van der Waals surface area contributed by atoms with Crippen molar-refractivity contribution in [3.63, 3.8) is 0 Å². The van der Waals surface area contributed by atoms with Gasteiger partial charge in [-0.3, -0.25) is 4.79 Å². The van der Waals surface area contributed by atoms with Gasteiger partial charge in [-0.1, -0.05) is 31.9 Å². The first-order valence-electron chi connectivity index (χ1n) is 11.5. The van der Waals surface area contributed by atoms with Crippen molar-refractivity contribution in [2.75, 3.05) is 6.61 Å². The highest BCUT2D eigenvalue weighted by Crippen LogP contribution is 2.29. The minimum atomic E-state index is -1.39. The third-order valence-corrected chi connectivity index (χ3v) is 6.22. The van der Waals surface area contributed by atoms with Gasteiger partial charge in [-0.05, 0) is 43.3 Å². The van der Waals surface area contributed by atoms with Crippen LogP contribution in [0.5, 0.6) is 5.75 Å². The van der Waals surface area contributed by atoms with Crippen LogP contribution in [0.3, 0.4) is 0 Å². The van der Waals surface area contributed by atoms with Gasteiger partial charge in [0.05, 0.1) is 6.61 Å². The molecule has 0 radical (unpaired) electrons. The summed E-state index contributed by atoms with van der Waals surface area (Å²) in [5.74, 6) is 0.850. The Balaban J connectivity index is 1.96. The van der Waals surface area contributed by atoms with Crippen LogP contribution < -0.4 is 10.1 Å². The molecule has 1 aliphatic heterocycles. The molecule has 10 nitrogen and oxygen atoms in total. The smallest absolute Gasteiger partial charge is 0.217 e. The number of hydrogen-bond donors (Lipinski definition) is 4. The predicted octanol–water partition coefficient (Wildman–Crippen LogP) is 1.61. The maximum Gasteiger partial charge on any atom is 0.217 e. The molecule has 0 aliphatic carbocycles. The van der Waals surface area contributed by atoms with E-state index in [9.17, 15) is 20.1 Å². The normalized spacial score (nSPS) is 24.7. The lowest BCUT2D eigenvalue weighted by atomic mass is 9.96. The van der Waals surface area contributed by atoms with Crippen LogP contribution >= 0.6 is 12.2 Å². The maximum atomic E-state index is 11.8. The molecule has 11 heteroatoms. The Morgan fingerprint density at radius 2 is 2.06 bits per heavy atom. The van der Waals surface area contributed by atoms with E-state index >= 15 is 0 Å². The number of aliphatic hydroxyl groups excluding tert-OH is 3. The summed E-state index contributed by atoms with van der Waals surface area (Å²) in [6, 6.07) is 6.65. The van der Waals surface area contributed by atoms with Gasteiger partial charge in [0.25, 0.3) is 0 Å². The lowest BCUT2D eigenvalue weighted by molar-refractivity contribution is -0.219. The minimum absolute atomic E-state index is 0.151. The van der Waals surface area contributed by atoms with Crippen molar-refractivity contribution in [3.05, 3.63) is 40.4 Å². The Kier molecular flexibility index (Phi) is 9.20. The molecule has 1 amide bonds. The number of aromatic nitrogens is 3. The lowest BCUT2D eigenvalue weighted by Gasteiger charge is -2.42. The molecule has 0 unspecified atom stereocenters. The van der Waals surface area contributed by atoms with Crippen LogP contribution in [0.1, 0.15) is 50.7 Å². The number of benzene rings is 1. The number of nitrogens with one attached hydrogen (secondary N) is 1. The molecule has 4 N–H and O–H groups in total. The molecule has 188 valence electrons. The summed E-state index contributed by atoms with van der Waals surface area (Å²) in [4.78, 5) is 11.8. The number of carbonyl (C=O) groups is 1. The maximum absolute atomic E-state index is 11.8. The molecule has 1 saturated heterocycles. The molecule has 2 heterocycles. The number of aryl methyl sites for hydroxylation is 1.